The van der Waals surface area contributed by atoms with Crippen LogP contribution in [0.2, 0.25) is 0 Å². The van der Waals surface area contributed by atoms with Crippen LogP contribution in [0, 0.1) is 0 Å². The molecule has 3 amide bonds. The van der Waals surface area contributed by atoms with E-state index in [0.717, 1.165) is 31.0 Å². The number of unbranched alkanes of at least 4 members (excludes halogenated alkanes) is 1. The number of likely N-dealkylation sites (tertiary alicyclic amines) is 1. The van der Waals surface area contributed by atoms with Crippen molar-refractivity contribution in [2.24, 2.45) is 0 Å². The minimum Gasteiger partial charge on any atom is -0.341 e. The summed E-state index contributed by atoms with van der Waals surface area (Å²) in [7, 11) is 0. The van der Waals surface area contributed by atoms with Crippen molar-refractivity contribution in [2.75, 3.05) is 18.8 Å². The molecule has 2 saturated heterocycles. The Labute approximate surface area is 146 Å². The van der Waals surface area contributed by atoms with E-state index in [0.29, 0.717) is 25.9 Å². The van der Waals surface area contributed by atoms with Gasteiger partial charge in [-0.1, -0.05) is 42.1 Å². The first-order valence-electron chi connectivity index (χ1n) is 8.45. The summed E-state index contributed by atoms with van der Waals surface area (Å²) in [6.07, 6.45) is 4.09. The molecule has 5 nitrogen and oxygen atoms in total. The lowest BCUT2D eigenvalue weighted by Crippen LogP contribution is -2.41. The summed E-state index contributed by atoms with van der Waals surface area (Å²) in [5.41, 5.74) is 1.30. The van der Waals surface area contributed by atoms with Crippen LogP contribution in [0.25, 0.3) is 0 Å². The van der Waals surface area contributed by atoms with Crippen molar-refractivity contribution in [2.45, 2.75) is 38.1 Å². The Bertz CT molecular complexity index is 604. The first-order valence-corrected chi connectivity index (χ1v) is 9.44. The first-order chi connectivity index (χ1) is 11.6. The van der Waals surface area contributed by atoms with E-state index < -0.39 is 0 Å². The molecule has 0 spiro atoms. The standard InChI is InChI=1S/C18H22N2O3S/c21-16(9-5-4-8-14-6-2-1-3-7-14)19-11-10-15(12-19)20-17(22)13-24-18(20)23/h1-3,6-7,15H,4-5,8-13H2. The molecule has 0 bridgehead atoms. The highest BCUT2D eigenvalue weighted by atomic mass is 32.2. The van der Waals surface area contributed by atoms with E-state index >= 15 is 0 Å². The number of imide groups is 1. The van der Waals surface area contributed by atoms with E-state index in [4.69, 9.17) is 0 Å². The van der Waals surface area contributed by atoms with Crippen molar-refractivity contribution >= 4 is 28.8 Å². The molecule has 0 aromatic heterocycles. The molecular formula is C18H22N2O3S. The van der Waals surface area contributed by atoms with Gasteiger partial charge in [-0.2, -0.15) is 0 Å². The van der Waals surface area contributed by atoms with Gasteiger partial charge < -0.3 is 4.90 Å². The second-order valence-electron chi connectivity index (χ2n) is 6.29. The predicted octanol–water partition coefficient (Wildman–Crippen LogP) is 2.70. The lowest BCUT2D eigenvalue weighted by atomic mass is 10.1. The zero-order valence-electron chi connectivity index (χ0n) is 13.6. The number of carbonyl (C=O) groups excluding carboxylic acids is 3. The third-order valence-corrected chi connectivity index (χ3v) is 5.45. The van der Waals surface area contributed by atoms with Gasteiger partial charge in [-0.25, -0.2) is 0 Å². The second kappa shape index (κ2) is 7.83. The molecular weight excluding hydrogens is 324 g/mol. The van der Waals surface area contributed by atoms with E-state index in [1.165, 1.54) is 10.5 Å². The van der Waals surface area contributed by atoms with Gasteiger partial charge in [0.1, 0.15) is 0 Å². The highest BCUT2D eigenvalue weighted by Gasteiger charge is 2.39. The largest absolute Gasteiger partial charge is 0.341 e. The summed E-state index contributed by atoms with van der Waals surface area (Å²) in [4.78, 5) is 39.0. The molecule has 1 atom stereocenters. The van der Waals surface area contributed by atoms with E-state index in [1.54, 1.807) is 4.90 Å². The van der Waals surface area contributed by atoms with E-state index in [9.17, 15) is 14.4 Å². The van der Waals surface area contributed by atoms with Crippen molar-refractivity contribution in [1.82, 2.24) is 9.80 Å². The molecule has 3 rings (SSSR count). The molecule has 1 aromatic rings. The summed E-state index contributed by atoms with van der Waals surface area (Å²) in [6.45, 7) is 1.14. The zero-order chi connectivity index (χ0) is 16.9. The highest BCUT2D eigenvalue weighted by molar-refractivity contribution is 8.14. The molecule has 2 aliphatic rings. The lowest BCUT2D eigenvalue weighted by Gasteiger charge is -2.22. The van der Waals surface area contributed by atoms with Crippen LogP contribution in [0.3, 0.4) is 0 Å². The average Bonchev–Trinajstić information content (AvgIpc) is 3.19. The summed E-state index contributed by atoms with van der Waals surface area (Å²) >= 11 is 1.06. The Balaban J connectivity index is 1.40. The summed E-state index contributed by atoms with van der Waals surface area (Å²) in [5.74, 6) is 0.257. The number of amides is 3. The summed E-state index contributed by atoms with van der Waals surface area (Å²) in [5, 5.41) is -0.165. The molecule has 1 unspecified atom stereocenters. The van der Waals surface area contributed by atoms with Crippen LogP contribution in [0.15, 0.2) is 30.3 Å². The van der Waals surface area contributed by atoms with Crippen molar-refractivity contribution < 1.29 is 14.4 Å². The van der Waals surface area contributed by atoms with Gasteiger partial charge in [0.2, 0.25) is 11.8 Å². The molecule has 2 aliphatic heterocycles. The molecule has 128 valence electrons. The maximum atomic E-state index is 12.3. The van der Waals surface area contributed by atoms with Crippen LogP contribution in [0.5, 0.6) is 0 Å². The maximum absolute atomic E-state index is 12.3. The second-order valence-corrected chi connectivity index (χ2v) is 7.22. The van der Waals surface area contributed by atoms with E-state index in [-0.39, 0.29) is 28.8 Å². The number of thioether (sulfide) groups is 1. The Morgan fingerprint density at radius 2 is 1.96 bits per heavy atom. The van der Waals surface area contributed by atoms with Crippen molar-refractivity contribution in [3.63, 3.8) is 0 Å². The zero-order valence-corrected chi connectivity index (χ0v) is 14.5. The van der Waals surface area contributed by atoms with Gasteiger partial charge in [0.05, 0.1) is 11.8 Å². The Hall–Kier alpha value is -1.82. The third-order valence-electron chi connectivity index (χ3n) is 4.61. The first kappa shape index (κ1) is 17.0. The van der Waals surface area contributed by atoms with Crippen LogP contribution < -0.4 is 0 Å². The van der Waals surface area contributed by atoms with Gasteiger partial charge in [-0.3, -0.25) is 19.3 Å². The minimum absolute atomic E-state index is 0.118. The van der Waals surface area contributed by atoms with Crippen LogP contribution in [0.1, 0.15) is 31.2 Å². The van der Waals surface area contributed by atoms with Gasteiger partial charge >= 0.3 is 0 Å². The Kier molecular flexibility index (Phi) is 5.56. The molecule has 1 aromatic carbocycles. The van der Waals surface area contributed by atoms with Crippen LogP contribution >= 0.6 is 11.8 Å². The number of nitrogens with zero attached hydrogens (tertiary/aromatic N) is 2. The van der Waals surface area contributed by atoms with Crippen LogP contribution in [-0.2, 0) is 16.0 Å². The fraction of sp³-hybridized carbons (Fsp3) is 0.500. The lowest BCUT2D eigenvalue weighted by molar-refractivity contribution is -0.131. The monoisotopic (exact) mass is 346 g/mol. The fourth-order valence-corrected chi connectivity index (χ4v) is 4.08. The van der Waals surface area contributed by atoms with Crippen molar-refractivity contribution in [1.29, 1.82) is 0 Å². The smallest absolute Gasteiger partial charge is 0.289 e. The normalized spacial score (nSPS) is 20.9. The number of hydrogen-bond donors (Lipinski definition) is 0. The molecule has 24 heavy (non-hydrogen) atoms. The van der Waals surface area contributed by atoms with Crippen molar-refractivity contribution in [3.8, 4) is 0 Å². The minimum atomic E-state index is -0.165. The van der Waals surface area contributed by atoms with E-state index in [2.05, 4.69) is 12.1 Å². The summed E-state index contributed by atoms with van der Waals surface area (Å²) in [6, 6.07) is 10.1. The molecule has 0 saturated carbocycles. The third kappa shape index (κ3) is 3.98. The predicted molar refractivity (Wildman–Crippen MR) is 93.7 cm³/mol. The molecule has 0 radical (unpaired) electrons. The maximum Gasteiger partial charge on any atom is 0.289 e. The molecule has 0 aliphatic carbocycles. The molecule has 0 N–H and O–H groups in total. The van der Waals surface area contributed by atoms with Crippen LogP contribution in [-0.4, -0.2) is 51.7 Å². The molecule has 2 fully saturated rings. The quantitative estimate of drug-likeness (QED) is 0.743. The highest BCUT2D eigenvalue weighted by Crippen LogP contribution is 2.26. The van der Waals surface area contributed by atoms with Gasteiger partial charge in [0, 0.05) is 19.5 Å². The van der Waals surface area contributed by atoms with E-state index in [1.807, 2.05) is 18.2 Å². The molecule has 6 heteroatoms. The van der Waals surface area contributed by atoms with Gasteiger partial charge in [-0.15, -0.1) is 0 Å². The SMILES string of the molecule is O=C(CCCCc1ccccc1)N1CCC(N2C(=O)CSC2=O)C1. The fourth-order valence-electron chi connectivity index (χ4n) is 3.30. The topological polar surface area (TPSA) is 57.7 Å². The number of benzene rings is 1. The Morgan fingerprint density at radius 3 is 2.67 bits per heavy atom. The van der Waals surface area contributed by atoms with Crippen LogP contribution in [0.4, 0.5) is 4.79 Å². The summed E-state index contributed by atoms with van der Waals surface area (Å²) < 4.78 is 0. The number of aryl methyl sites for hydroxylation is 1. The van der Waals surface area contributed by atoms with Crippen molar-refractivity contribution in [3.05, 3.63) is 35.9 Å². The van der Waals surface area contributed by atoms with Gasteiger partial charge in [-0.05, 0) is 31.2 Å². The average molecular weight is 346 g/mol. The van der Waals surface area contributed by atoms with Gasteiger partial charge in [0.15, 0.2) is 0 Å². The van der Waals surface area contributed by atoms with Gasteiger partial charge in [0.25, 0.3) is 5.24 Å². The number of rotatable bonds is 6. The number of carbonyl (C=O) groups is 3. The number of hydrogen-bond acceptors (Lipinski definition) is 4. The Morgan fingerprint density at radius 1 is 1.17 bits per heavy atom. The molecule has 2 heterocycles.